The molecule has 2 aromatic rings. The summed E-state index contributed by atoms with van der Waals surface area (Å²) < 4.78 is 57.1. The molecular weight excluding hydrogens is 432 g/mol. The summed E-state index contributed by atoms with van der Waals surface area (Å²) in [6.45, 7) is 1.85. The van der Waals surface area contributed by atoms with Crippen molar-refractivity contribution in [3.05, 3.63) is 59.7 Å². The number of anilines is 2. The summed E-state index contributed by atoms with van der Waals surface area (Å²) in [7, 11) is -2.55. The predicted molar refractivity (Wildman–Crippen MR) is 112 cm³/mol. The van der Waals surface area contributed by atoms with E-state index in [9.17, 15) is 26.8 Å². The first-order valence-electron chi connectivity index (χ1n) is 9.17. The third kappa shape index (κ3) is 6.22. The van der Waals surface area contributed by atoms with Gasteiger partial charge in [0, 0.05) is 19.7 Å². The maximum Gasteiger partial charge on any atom is 0.253 e. The number of para-hydroxylation sites is 1. The Balaban J connectivity index is 2.29. The minimum atomic E-state index is -4.04. The van der Waals surface area contributed by atoms with Crippen LogP contribution in [0.25, 0.3) is 0 Å². The van der Waals surface area contributed by atoms with Crippen molar-refractivity contribution in [2.45, 2.75) is 13.0 Å². The molecule has 0 saturated heterocycles. The lowest BCUT2D eigenvalue weighted by atomic mass is 10.1. The van der Waals surface area contributed by atoms with Gasteiger partial charge in [-0.1, -0.05) is 12.1 Å². The van der Waals surface area contributed by atoms with Crippen molar-refractivity contribution in [1.29, 1.82) is 0 Å². The number of amides is 2. The number of ether oxygens (including phenoxy) is 1. The standard InChI is InChI=1S/C20H23F2N3O5S/c1-13(25(31(3,28)29)14-8-9-16(21)17(22)12-14)19(26)24-18-7-5-4-6-15(18)20(27)23-10-11-30-2/h4-9,12-13H,10-11H2,1-3H3,(H,23,27)(H,24,26)/t13-/m1/s1. The fourth-order valence-corrected chi connectivity index (χ4v) is 3.99. The highest BCUT2D eigenvalue weighted by molar-refractivity contribution is 7.92. The summed E-state index contributed by atoms with van der Waals surface area (Å²) >= 11 is 0. The third-order valence-electron chi connectivity index (χ3n) is 4.27. The minimum Gasteiger partial charge on any atom is -0.383 e. The third-order valence-corrected chi connectivity index (χ3v) is 5.51. The number of nitrogens with zero attached hydrogens (tertiary/aromatic N) is 1. The van der Waals surface area contributed by atoms with Crippen LogP contribution in [0.4, 0.5) is 20.2 Å². The number of hydrogen-bond acceptors (Lipinski definition) is 5. The van der Waals surface area contributed by atoms with E-state index in [0.717, 1.165) is 18.4 Å². The monoisotopic (exact) mass is 455 g/mol. The molecule has 8 nitrogen and oxygen atoms in total. The molecule has 31 heavy (non-hydrogen) atoms. The second kappa shape index (κ2) is 10.3. The molecule has 0 aromatic heterocycles. The van der Waals surface area contributed by atoms with Crippen LogP contribution >= 0.6 is 0 Å². The van der Waals surface area contributed by atoms with Gasteiger partial charge in [-0.2, -0.15) is 0 Å². The van der Waals surface area contributed by atoms with Gasteiger partial charge in [0.25, 0.3) is 5.91 Å². The molecule has 0 aliphatic rings. The van der Waals surface area contributed by atoms with Gasteiger partial charge in [0.05, 0.1) is 29.8 Å². The first-order chi connectivity index (χ1) is 14.6. The molecule has 0 saturated carbocycles. The number of sulfonamides is 1. The second-order valence-corrected chi connectivity index (χ2v) is 8.48. The molecule has 2 rings (SSSR count). The van der Waals surface area contributed by atoms with E-state index in [1.165, 1.54) is 26.2 Å². The van der Waals surface area contributed by atoms with Gasteiger partial charge < -0.3 is 15.4 Å². The number of carbonyl (C=O) groups is 2. The van der Waals surface area contributed by atoms with E-state index < -0.39 is 39.5 Å². The van der Waals surface area contributed by atoms with Crippen LogP contribution in [0.3, 0.4) is 0 Å². The van der Waals surface area contributed by atoms with Crippen LogP contribution in [0.1, 0.15) is 17.3 Å². The Labute approximate surface area is 179 Å². The summed E-state index contributed by atoms with van der Waals surface area (Å²) in [6, 6.07) is 7.36. The topological polar surface area (TPSA) is 105 Å². The highest BCUT2D eigenvalue weighted by atomic mass is 32.2. The SMILES string of the molecule is COCCNC(=O)c1ccccc1NC(=O)[C@@H](C)N(c1ccc(F)c(F)c1)S(C)(=O)=O. The van der Waals surface area contributed by atoms with Crippen molar-refractivity contribution in [2.75, 3.05) is 36.1 Å². The van der Waals surface area contributed by atoms with E-state index in [4.69, 9.17) is 4.74 Å². The summed E-state index contributed by atoms with van der Waals surface area (Å²) in [6.07, 6.45) is 0.842. The molecule has 0 aliphatic carbocycles. The van der Waals surface area contributed by atoms with Gasteiger partial charge in [-0.3, -0.25) is 13.9 Å². The van der Waals surface area contributed by atoms with E-state index in [1.807, 2.05) is 0 Å². The molecule has 0 fully saturated rings. The van der Waals surface area contributed by atoms with E-state index in [-0.39, 0.29) is 23.5 Å². The number of rotatable bonds is 9. The lowest BCUT2D eigenvalue weighted by Crippen LogP contribution is -2.45. The average Bonchev–Trinajstić information content (AvgIpc) is 2.70. The summed E-state index contributed by atoms with van der Waals surface area (Å²) in [4.78, 5) is 25.2. The summed E-state index contributed by atoms with van der Waals surface area (Å²) in [5, 5.41) is 5.15. The average molecular weight is 455 g/mol. The van der Waals surface area contributed by atoms with Gasteiger partial charge in [-0.15, -0.1) is 0 Å². The first kappa shape index (κ1) is 24.2. The van der Waals surface area contributed by atoms with Crippen molar-refractivity contribution < 1.29 is 31.5 Å². The second-order valence-electron chi connectivity index (χ2n) is 6.62. The molecule has 0 heterocycles. The lowest BCUT2D eigenvalue weighted by molar-refractivity contribution is -0.116. The molecule has 168 valence electrons. The predicted octanol–water partition coefficient (Wildman–Crippen LogP) is 2.13. The lowest BCUT2D eigenvalue weighted by Gasteiger charge is -2.28. The molecule has 2 N–H and O–H groups in total. The van der Waals surface area contributed by atoms with Crippen LogP contribution in [-0.2, 0) is 19.6 Å². The highest BCUT2D eigenvalue weighted by Crippen LogP contribution is 2.24. The van der Waals surface area contributed by atoms with Crippen molar-refractivity contribution in [2.24, 2.45) is 0 Å². The molecule has 0 spiro atoms. The van der Waals surface area contributed by atoms with Crippen molar-refractivity contribution >= 4 is 33.2 Å². The van der Waals surface area contributed by atoms with Crippen LogP contribution in [0.2, 0.25) is 0 Å². The fourth-order valence-electron chi connectivity index (χ4n) is 2.82. The van der Waals surface area contributed by atoms with Crippen LogP contribution < -0.4 is 14.9 Å². The molecule has 1 atom stereocenters. The largest absolute Gasteiger partial charge is 0.383 e. The van der Waals surface area contributed by atoms with Crippen molar-refractivity contribution in [1.82, 2.24) is 5.32 Å². The quantitative estimate of drug-likeness (QED) is 0.564. The van der Waals surface area contributed by atoms with E-state index in [0.29, 0.717) is 17.0 Å². The van der Waals surface area contributed by atoms with E-state index in [2.05, 4.69) is 10.6 Å². The zero-order valence-electron chi connectivity index (χ0n) is 17.2. The van der Waals surface area contributed by atoms with Gasteiger partial charge in [0.2, 0.25) is 15.9 Å². The zero-order chi connectivity index (χ0) is 23.2. The Bertz CT molecular complexity index is 1060. The molecule has 0 bridgehead atoms. The van der Waals surface area contributed by atoms with Gasteiger partial charge >= 0.3 is 0 Å². The smallest absolute Gasteiger partial charge is 0.253 e. The van der Waals surface area contributed by atoms with Crippen molar-refractivity contribution in [3.8, 4) is 0 Å². The van der Waals surface area contributed by atoms with Crippen molar-refractivity contribution in [3.63, 3.8) is 0 Å². The Morgan fingerprint density at radius 2 is 1.81 bits per heavy atom. The Morgan fingerprint density at radius 1 is 1.13 bits per heavy atom. The molecule has 2 amide bonds. The number of nitrogens with one attached hydrogen (secondary N) is 2. The first-order valence-corrected chi connectivity index (χ1v) is 11.0. The van der Waals surface area contributed by atoms with Gasteiger partial charge in [0.1, 0.15) is 6.04 Å². The molecular formula is C20H23F2N3O5S. The normalized spacial score (nSPS) is 12.2. The number of halogens is 2. The number of benzene rings is 2. The molecule has 0 aliphatic heterocycles. The zero-order valence-corrected chi connectivity index (χ0v) is 18.0. The Kier molecular flexibility index (Phi) is 8.06. The highest BCUT2D eigenvalue weighted by Gasteiger charge is 2.30. The fraction of sp³-hybridized carbons (Fsp3) is 0.300. The van der Waals surface area contributed by atoms with Gasteiger partial charge in [0.15, 0.2) is 11.6 Å². The molecule has 0 unspecified atom stereocenters. The Hall–Kier alpha value is -3.05. The summed E-state index contributed by atoms with van der Waals surface area (Å²) in [5.74, 6) is -3.63. The molecule has 2 aromatic carbocycles. The number of carbonyl (C=O) groups excluding carboxylic acids is 2. The minimum absolute atomic E-state index is 0.160. The maximum atomic E-state index is 13.7. The Morgan fingerprint density at radius 3 is 2.42 bits per heavy atom. The van der Waals surface area contributed by atoms with E-state index in [1.54, 1.807) is 12.1 Å². The van der Waals surface area contributed by atoms with Gasteiger partial charge in [-0.25, -0.2) is 17.2 Å². The van der Waals surface area contributed by atoms with Crippen LogP contribution in [0, 0.1) is 11.6 Å². The van der Waals surface area contributed by atoms with Crippen LogP contribution in [0.15, 0.2) is 42.5 Å². The maximum absolute atomic E-state index is 13.7. The van der Waals surface area contributed by atoms with Crippen LogP contribution in [0.5, 0.6) is 0 Å². The molecule has 0 radical (unpaired) electrons. The molecule has 11 heteroatoms. The number of hydrogen-bond donors (Lipinski definition) is 2. The van der Waals surface area contributed by atoms with Crippen LogP contribution in [-0.4, -0.2) is 52.8 Å². The van der Waals surface area contributed by atoms with E-state index >= 15 is 0 Å². The summed E-state index contributed by atoms with van der Waals surface area (Å²) in [5.41, 5.74) is 0.112. The number of methoxy groups -OCH3 is 1. The van der Waals surface area contributed by atoms with Gasteiger partial charge in [-0.05, 0) is 31.2 Å².